The lowest BCUT2D eigenvalue weighted by Gasteiger charge is -2.05. The van der Waals surface area contributed by atoms with Crippen LogP contribution in [0.5, 0.6) is 5.75 Å². The van der Waals surface area contributed by atoms with Gasteiger partial charge in [0.25, 0.3) is 0 Å². The third kappa shape index (κ3) is 5.92. The number of carbonyl (C=O) groups is 1. The SMILES string of the molecule is CCOCCOC(=O)CCc1ccc(O)cc1. The molecule has 4 heteroatoms. The van der Waals surface area contributed by atoms with Crippen molar-refractivity contribution in [2.45, 2.75) is 19.8 Å². The lowest BCUT2D eigenvalue weighted by atomic mass is 10.1. The molecular weight excluding hydrogens is 220 g/mol. The molecule has 0 aliphatic carbocycles. The highest BCUT2D eigenvalue weighted by molar-refractivity contribution is 5.69. The van der Waals surface area contributed by atoms with E-state index >= 15 is 0 Å². The van der Waals surface area contributed by atoms with Crippen LogP contribution in [0.2, 0.25) is 0 Å². The maximum absolute atomic E-state index is 11.3. The van der Waals surface area contributed by atoms with Gasteiger partial charge < -0.3 is 14.6 Å². The number of phenolic OH excluding ortho intramolecular Hbond substituents is 1. The number of aryl methyl sites for hydroxylation is 1. The summed E-state index contributed by atoms with van der Waals surface area (Å²) in [5.41, 5.74) is 1.00. The van der Waals surface area contributed by atoms with Crippen molar-refractivity contribution in [2.75, 3.05) is 19.8 Å². The fourth-order valence-corrected chi connectivity index (χ4v) is 1.34. The van der Waals surface area contributed by atoms with E-state index in [0.717, 1.165) is 5.56 Å². The molecule has 0 aliphatic heterocycles. The second-order valence-corrected chi connectivity index (χ2v) is 3.58. The molecule has 1 rings (SSSR count). The number of rotatable bonds is 7. The van der Waals surface area contributed by atoms with E-state index in [1.807, 2.05) is 6.92 Å². The van der Waals surface area contributed by atoms with Crippen LogP contribution in [0.1, 0.15) is 18.9 Å². The maximum Gasteiger partial charge on any atom is 0.306 e. The molecular formula is C13H18O4. The molecule has 0 radical (unpaired) electrons. The molecule has 0 heterocycles. The van der Waals surface area contributed by atoms with Gasteiger partial charge in [-0.25, -0.2) is 0 Å². The van der Waals surface area contributed by atoms with Gasteiger partial charge in [-0.15, -0.1) is 0 Å². The van der Waals surface area contributed by atoms with Crippen LogP contribution in [-0.2, 0) is 20.7 Å². The zero-order valence-electron chi connectivity index (χ0n) is 10.0. The summed E-state index contributed by atoms with van der Waals surface area (Å²) < 4.78 is 10.0. The molecule has 0 spiro atoms. The van der Waals surface area contributed by atoms with Crippen molar-refractivity contribution in [1.29, 1.82) is 0 Å². The van der Waals surface area contributed by atoms with Crippen LogP contribution in [0.3, 0.4) is 0 Å². The summed E-state index contributed by atoms with van der Waals surface area (Å²) in [5, 5.41) is 9.10. The molecule has 0 saturated carbocycles. The predicted molar refractivity (Wildman–Crippen MR) is 63.9 cm³/mol. The predicted octanol–water partition coefficient (Wildman–Crippen LogP) is 1.90. The molecule has 94 valence electrons. The number of ether oxygens (including phenoxy) is 2. The highest BCUT2D eigenvalue weighted by atomic mass is 16.6. The third-order valence-electron chi connectivity index (χ3n) is 2.25. The molecule has 0 atom stereocenters. The van der Waals surface area contributed by atoms with E-state index in [-0.39, 0.29) is 11.7 Å². The average molecular weight is 238 g/mol. The fraction of sp³-hybridized carbons (Fsp3) is 0.462. The lowest BCUT2D eigenvalue weighted by molar-refractivity contribution is -0.145. The Morgan fingerprint density at radius 1 is 1.24 bits per heavy atom. The Bertz CT molecular complexity index is 332. The van der Waals surface area contributed by atoms with Crippen LogP contribution in [0, 0.1) is 0 Å². The molecule has 0 fully saturated rings. The van der Waals surface area contributed by atoms with Crippen molar-refractivity contribution in [1.82, 2.24) is 0 Å². The topological polar surface area (TPSA) is 55.8 Å². The van der Waals surface area contributed by atoms with Crippen LogP contribution in [0.25, 0.3) is 0 Å². The zero-order chi connectivity index (χ0) is 12.5. The van der Waals surface area contributed by atoms with E-state index in [9.17, 15) is 4.79 Å². The van der Waals surface area contributed by atoms with E-state index in [0.29, 0.717) is 32.7 Å². The Balaban J connectivity index is 2.17. The first kappa shape index (κ1) is 13.5. The summed E-state index contributed by atoms with van der Waals surface area (Å²) in [6, 6.07) is 6.80. The fourth-order valence-electron chi connectivity index (χ4n) is 1.34. The van der Waals surface area contributed by atoms with E-state index < -0.39 is 0 Å². The average Bonchev–Trinajstić information content (AvgIpc) is 2.34. The minimum Gasteiger partial charge on any atom is -0.508 e. The van der Waals surface area contributed by atoms with Gasteiger partial charge in [-0.05, 0) is 31.0 Å². The highest BCUT2D eigenvalue weighted by Crippen LogP contribution is 2.11. The number of hydrogen-bond acceptors (Lipinski definition) is 4. The Kier molecular flexibility index (Phi) is 6.10. The lowest BCUT2D eigenvalue weighted by Crippen LogP contribution is -2.11. The van der Waals surface area contributed by atoms with E-state index in [1.165, 1.54) is 0 Å². The summed E-state index contributed by atoms with van der Waals surface area (Å²) in [6.07, 6.45) is 0.963. The third-order valence-corrected chi connectivity index (χ3v) is 2.25. The largest absolute Gasteiger partial charge is 0.508 e. The molecule has 1 N–H and O–H groups in total. The zero-order valence-corrected chi connectivity index (χ0v) is 10.0. The summed E-state index contributed by atoms with van der Waals surface area (Å²) in [6.45, 7) is 3.28. The smallest absolute Gasteiger partial charge is 0.306 e. The van der Waals surface area contributed by atoms with Crippen molar-refractivity contribution in [2.24, 2.45) is 0 Å². The van der Waals surface area contributed by atoms with Gasteiger partial charge in [0.2, 0.25) is 0 Å². The van der Waals surface area contributed by atoms with Gasteiger partial charge in [0, 0.05) is 13.0 Å². The van der Waals surface area contributed by atoms with Crippen molar-refractivity contribution in [3.8, 4) is 5.75 Å². The van der Waals surface area contributed by atoms with E-state index in [1.54, 1.807) is 24.3 Å². The van der Waals surface area contributed by atoms with Gasteiger partial charge in [-0.1, -0.05) is 12.1 Å². The molecule has 0 unspecified atom stereocenters. The number of phenols is 1. The first-order valence-electron chi connectivity index (χ1n) is 5.73. The van der Waals surface area contributed by atoms with Crippen LogP contribution in [-0.4, -0.2) is 30.9 Å². The van der Waals surface area contributed by atoms with Gasteiger partial charge in [-0.3, -0.25) is 4.79 Å². The van der Waals surface area contributed by atoms with Crippen molar-refractivity contribution >= 4 is 5.97 Å². The monoisotopic (exact) mass is 238 g/mol. The molecule has 1 aromatic carbocycles. The number of hydrogen-bond donors (Lipinski definition) is 1. The Hall–Kier alpha value is -1.55. The minimum atomic E-state index is -0.224. The molecule has 0 bridgehead atoms. The summed E-state index contributed by atoms with van der Waals surface area (Å²) >= 11 is 0. The molecule has 4 nitrogen and oxygen atoms in total. The maximum atomic E-state index is 11.3. The number of carbonyl (C=O) groups excluding carboxylic acids is 1. The molecule has 1 aromatic rings. The first-order valence-corrected chi connectivity index (χ1v) is 5.73. The highest BCUT2D eigenvalue weighted by Gasteiger charge is 2.03. The molecule has 0 amide bonds. The summed E-state index contributed by atoms with van der Waals surface area (Å²) in [5.74, 6) is 0.00539. The number of esters is 1. The second kappa shape index (κ2) is 7.68. The normalized spacial score (nSPS) is 10.2. The summed E-state index contributed by atoms with van der Waals surface area (Å²) in [7, 11) is 0. The van der Waals surface area contributed by atoms with Crippen LogP contribution in [0.4, 0.5) is 0 Å². The van der Waals surface area contributed by atoms with E-state index in [2.05, 4.69) is 0 Å². The van der Waals surface area contributed by atoms with Gasteiger partial charge in [0.05, 0.1) is 6.61 Å². The quantitative estimate of drug-likeness (QED) is 0.582. The van der Waals surface area contributed by atoms with Crippen molar-refractivity contribution < 1.29 is 19.4 Å². The molecule has 0 aliphatic rings. The Labute approximate surface area is 101 Å². The molecule has 17 heavy (non-hydrogen) atoms. The van der Waals surface area contributed by atoms with Crippen LogP contribution in [0.15, 0.2) is 24.3 Å². The minimum absolute atomic E-state index is 0.224. The first-order chi connectivity index (χ1) is 8.22. The van der Waals surface area contributed by atoms with Gasteiger partial charge in [-0.2, -0.15) is 0 Å². The van der Waals surface area contributed by atoms with Crippen molar-refractivity contribution in [3.63, 3.8) is 0 Å². The van der Waals surface area contributed by atoms with Crippen LogP contribution >= 0.6 is 0 Å². The molecule has 0 aromatic heterocycles. The number of benzene rings is 1. The van der Waals surface area contributed by atoms with Gasteiger partial charge in [0.15, 0.2) is 0 Å². The standard InChI is InChI=1S/C13H18O4/c1-2-16-9-10-17-13(15)8-5-11-3-6-12(14)7-4-11/h3-4,6-7,14H,2,5,8-10H2,1H3. The Morgan fingerprint density at radius 3 is 2.59 bits per heavy atom. The second-order valence-electron chi connectivity index (χ2n) is 3.58. The van der Waals surface area contributed by atoms with Crippen LogP contribution < -0.4 is 0 Å². The van der Waals surface area contributed by atoms with Gasteiger partial charge in [0.1, 0.15) is 12.4 Å². The summed E-state index contributed by atoms with van der Waals surface area (Å²) in [4.78, 5) is 11.3. The van der Waals surface area contributed by atoms with E-state index in [4.69, 9.17) is 14.6 Å². The van der Waals surface area contributed by atoms with Gasteiger partial charge >= 0.3 is 5.97 Å². The molecule has 0 saturated heterocycles. The number of aromatic hydroxyl groups is 1. The van der Waals surface area contributed by atoms with Crippen molar-refractivity contribution in [3.05, 3.63) is 29.8 Å². The Morgan fingerprint density at radius 2 is 1.94 bits per heavy atom.